The molecule has 1 aliphatic carbocycles. The summed E-state index contributed by atoms with van der Waals surface area (Å²) in [7, 11) is 0. The Hall–Kier alpha value is -0.940. The van der Waals surface area contributed by atoms with Gasteiger partial charge in [0.15, 0.2) is 5.78 Å². The van der Waals surface area contributed by atoms with E-state index in [-0.39, 0.29) is 23.6 Å². The Kier molecular flexibility index (Phi) is 3.73. The van der Waals surface area contributed by atoms with Crippen LogP contribution in [0.5, 0.6) is 0 Å². The van der Waals surface area contributed by atoms with Crippen LogP contribution in [0.1, 0.15) is 22.8 Å². The lowest BCUT2D eigenvalue weighted by atomic mass is 10.1. The zero-order valence-corrected chi connectivity index (χ0v) is 11.8. The average molecular weight is 336 g/mol. The molecule has 0 N–H and O–H groups in total. The Morgan fingerprint density at radius 1 is 1.67 bits per heavy atom. The molecule has 0 saturated heterocycles. The van der Waals surface area contributed by atoms with Gasteiger partial charge in [-0.05, 0) is 40.9 Å². The number of fused-ring (bicyclic) bond motifs is 1. The molecule has 1 unspecified atom stereocenters. The van der Waals surface area contributed by atoms with Gasteiger partial charge in [-0.25, -0.2) is 4.39 Å². The second-order valence-corrected chi connectivity index (χ2v) is 5.06. The Balaban J connectivity index is 2.42. The van der Waals surface area contributed by atoms with E-state index in [0.717, 1.165) is 6.07 Å². The van der Waals surface area contributed by atoms with Gasteiger partial charge in [0.25, 0.3) is 0 Å². The van der Waals surface area contributed by atoms with Crippen LogP contribution in [0.4, 0.5) is 4.39 Å². The summed E-state index contributed by atoms with van der Waals surface area (Å²) < 4.78 is 18.6. The van der Waals surface area contributed by atoms with Gasteiger partial charge in [-0.2, -0.15) is 0 Å². The number of carbonyl (C=O) groups is 2. The molecule has 0 spiro atoms. The number of benzene rings is 1. The molecule has 0 bridgehead atoms. The highest BCUT2D eigenvalue weighted by atomic mass is 79.9. The van der Waals surface area contributed by atoms with Crippen molar-refractivity contribution >= 4 is 39.3 Å². The van der Waals surface area contributed by atoms with Crippen molar-refractivity contribution < 1.29 is 18.7 Å². The molecule has 0 heterocycles. The van der Waals surface area contributed by atoms with Crippen molar-refractivity contribution in [3.05, 3.63) is 32.5 Å². The van der Waals surface area contributed by atoms with Crippen LogP contribution in [0, 0.1) is 11.7 Å². The van der Waals surface area contributed by atoms with Crippen molar-refractivity contribution in [1.29, 1.82) is 0 Å². The number of hydrogen-bond donors (Lipinski definition) is 0. The maximum absolute atomic E-state index is 13.5. The Labute approximate surface area is 116 Å². The molecule has 6 heteroatoms. The largest absolute Gasteiger partial charge is 0.465 e. The fourth-order valence-electron chi connectivity index (χ4n) is 1.97. The normalized spacial score (nSPS) is 17.8. The first-order valence-electron chi connectivity index (χ1n) is 5.34. The van der Waals surface area contributed by atoms with Gasteiger partial charge < -0.3 is 4.74 Å². The zero-order chi connectivity index (χ0) is 13.4. The summed E-state index contributed by atoms with van der Waals surface area (Å²) in [6, 6.07) is 1.07. The summed E-state index contributed by atoms with van der Waals surface area (Å²) in [4.78, 5) is 23.6. The van der Waals surface area contributed by atoms with E-state index in [9.17, 15) is 14.0 Å². The molecule has 0 amide bonds. The smallest absolute Gasteiger partial charge is 0.317 e. The van der Waals surface area contributed by atoms with E-state index < -0.39 is 23.5 Å². The molecule has 1 aromatic rings. The van der Waals surface area contributed by atoms with Crippen LogP contribution in [0.2, 0.25) is 5.02 Å². The number of rotatable bonds is 2. The van der Waals surface area contributed by atoms with E-state index in [0.29, 0.717) is 10.0 Å². The van der Waals surface area contributed by atoms with Crippen molar-refractivity contribution in [2.24, 2.45) is 5.92 Å². The number of halogens is 3. The van der Waals surface area contributed by atoms with Crippen LogP contribution in [0.3, 0.4) is 0 Å². The maximum atomic E-state index is 13.5. The lowest BCUT2D eigenvalue weighted by Crippen LogP contribution is -2.23. The van der Waals surface area contributed by atoms with Gasteiger partial charge in [0.2, 0.25) is 0 Å². The van der Waals surface area contributed by atoms with Crippen LogP contribution in [0.15, 0.2) is 10.5 Å². The van der Waals surface area contributed by atoms with Gasteiger partial charge in [-0.1, -0.05) is 11.6 Å². The fraction of sp³-hybridized carbons (Fsp3) is 0.333. The second kappa shape index (κ2) is 4.97. The summed E-state index contributed by atoms with van der Waals surface area (Å²) in [6.07, 6.45) is 0.188. The van der Waals surface area contributed by atoms with Crippen molar-refractivity contribution in [3.8, 4) is 0 Å². The topological polar surface area (TPSA) is 43.4 Å². The number of esters is 1. The monoisotopic (exact) mass is 334 g/mol. The maximum Gasteiger partial charge on any atom is 0.317 e. The van der Waals surface area contributed by atoms with E-state index in [1.54, 1.807) is 6.92 Å². The average Bonchev–Trinajstić information content (AvgIpc) is 2.65. The summed E-state index contributed by atoms with van der Waals surface area (Å²) in [6.45, 7) is 1.87. The van der Waals surface area contributed by atoms with Crippen LogP contribution < -0.4 is 0 Å². The number of Topliss-reactive ketones (excluding diaryl/α,β-unsaturated/α-hetero) is 1. The summed E-state index contributed by atoms with van der Waals surface area (Å²) in [5.74, 6) is -2.57. The van der Waals surface area contributed by atoms with E-state index in [1.165, 1.54) is 0 Å². The second-order valence-electron chi connectivity index (χ2n) is 3.89. The highest BCUT2D eigenvalue weighted by Crippen LogP contribution is 2.38. The number of ether oxygens (including phenoxy) is 1. The molecule has 0 aliphatic heterocycles. The Morgan fingerprint density at radius 2 is 2.33 bits per heavy atom. The van der Waals surface area contributed by atoms with Gasteiger partial charge in [0.05, 0.1) is 11.6 Å². The fourth-order valence-corrected chi connectivity index (χ4v) is 2.70. The molecule has 3 nitrogen and oxygen atoms in total. The zero-order valence-electron chi connectivity index (χ0n) is 9.43. The molecule has 1 aromatic carbocycles. The van der Waals surface area contributed by atoms with Crippen LogP contribution in [0.25, 0.3) is 0 Å². The van der Waals surface area contributed by atoms with Crippen molar-refractivity contribution in [1.82, 2.24) is 0 Å². The number of carbonyl (C=O) groups excluding carboxylic acids is 2. The molecule has 0 saturated carbocycles. The molecule has 0 aromatic heterocycles. The van der Waals surface area contributed by atoms with Crippen molar-refractivity contribution in [2.45, 2.75) is 13.3 Å². The minimum Gasteiger partial charge on any atom is -0.465 e. The minimum atomic E-state index is -0.894. The summed E-state index contributed by atoms with van der Waals surface area (Å²) in [5.41, 5.74) is 0.756. The third-order valence-corrected chi connectivity index (χ3v) is 4.30. The van der Waals surface area contributed by atoms with Crippen LogP contribution in [-0.4, -0.2) is 18.4 Å². The Bertz CT molecular complexity index is 545. The number of ketones is 1. The molecular weight excluding hydrogens is 326 g/mol. The van der Waals surface area contributed by atoms with Crippen molar-refractivity contribution in [3.63, 3.8) is 0 Å². The summed E-state index contributed by atoms with van der Waals surface area (Å²) in [5, 5.41) is -0.0777. The number of hydrogen-bond acceptors (Lipinski definition) is 3. The molecular formula is C12H9BrClFO3. The third-order valence-electron chi connectivity index (χ3n) is 2.82. The van der Waals surface area contributed by atoms with E-state index in [4.69, 9.17) is 16.3 Å². The molecule has 1 aliphatic rings. The molecule has 0 radical (unpaired) electrons. The Morgan fingerprint density at radius 3 is 2.94 bits per heavy atom. The first-order valence-corrected chi connectivity index (χ1v) is 6.51. The third kappa shape index (κ3) is 2.06. The SMILES string of the molecule is CCOC(=O)C1Cc2c(cc(F)c(Cl)c2Br)C1=O. The van der Waals surface area contributed by atoms with Gasteiger partial charge in [-0.3, -0.25) is 9.59 Å². The summed E-state index contributed by atoms with van der Waals surface area (Å²) >= 11 is 8.90. The van der Waals surface area contributed by atoms with Crippen molar-refractivity contribution in [2.75, 3.05) is 6.61 Å². The minimum absolute atomic E-state index is 0.0777. The predicted octanol–water partition coefficient (Wildman–Crippen LogP) is 3.16. The lowest BCUT2D eigenvalue weighted by Gasteiger charge is -2.06. The van der Waals surface area contributed by atoms with Crippen LogP contribution >= 0.6 is 27.5 Å². The van der Waals surface area contributed by atoms with Gasteiger partial charge in [0, 0.05) is 10.0 Å². The molecule has 96 valence electrons. The van der Waals surface area contributed by atoms with Crippen LogP contribution in [-0.2, 0) is 16.0 Å². The van der Waals surface area contributed by atoms with Gasteiger partial charge in [-0.15, -0.1) is 0 Å². The van der Waals surface area contributed by atoms with E-state index in [2.05, 4.69) is 15.9 Å². The first-order chi connectivity index (χ1) is 8.47. The highest BCUT2D eigenvalue weighted by molar-refractivity contribution is 9.10. The molecule has 1 atom stereocenters. The quantitative estimate of drug-likeness (QED) is 0.474. The molecule has 18 heavy (non-hydrogen) atoms. The predicted molar refractivity (Wildman–Crippen MR) is 67.3 cm³/mol. The van der Waals surface area contributed by atoms with Gasteiger partial charge >= 0.3 is 5.97 Å². The highest BCUT2D eigenvalue weighted by Gasteiger charge is 2.39. The van der Waals surface area contributed by atoms with Gasteiger partial charge in [0.1, 0.15) is 11.7 Å². The first kappa shape index (κ1) is 13.5. The lowest BCUT2D eigenvalue weighted by molar-refractivity contribution is -0.145. The molecule has 2 rings (SSSR count). The van der Waals surface area contributed by atoms with E-state index in [1.807, 2.05) is 0 Å². The standard InChI is InChI=1S/C12H9BrClFO3/c1-2-18-12(17)7-3-5-6(11(7)16)4-8(15)10(14)9(5)13/h4,7H,2-3H2,1H3. The molecule has 0 fully saturated rings. The van der Waals surface area contributed by atoms with E-state index >= 15 is 0 Å².